The van der Waals surface area contributed by atoms with E-state index in [-0.39, 0.29) is 19.5 Å². The highest BCUT2D eigenvalue weighted by Crippen LogP contribution is 2.34. The molecule has 0 spiro atoms. The first-order chi connectivity index (χ1) is 9.28. The van der Waals surface area contributed by atoms with E-state index >= 15 is 0 Å². The molecule has 0 aliphatic carbocycles. The fourth-order valence-electron chi connectivity index (χ4n) is 2.26. The second-order valence-corrected chi connectivity index (χ2v) is 6.39. The number of carbonyl (C=O) groups is 1. The Labute approximate surface area is 130 Å². The predicted octanol–water partition coefficient (Wildman–Crippen LogP) is 2.52. The Kier molecular flexibility index (Phi) is 4.58. The highest BCUT2D eigenvalue weighted by atomic mass is 127. The summed E-state index contributed by atoms with van der Waals surface area (Å²) < 4.78 is 28.2. The monoisotopic (exact) mass is 395 g/mol. The molecule has 1 fully saturated rings. The van der Waals surface area contributed by atoms with Gasteiger partial charge in [-0.2, -0.15) is 0 Å². The lowest BCUT2D eigenvalue weighted by Crippen LogP contribution is -2.30. The van der Waals surface area contributed by atoms with E-state index in [0.29, 0.717) is 5.82 Å². The summed E-state index contributed by atoms with van der Waals surface area (Å²) >= 11 is 2.14. The van der Waals surface area contributed by atoms with E-state index in [1.165, 1.54) is 0 Å². The summed E-state index contributed by atoms with van der Waals surface area (Å²) in [5.41, 5.74) is 1.01. The van der Waals surface area contributed by atoms with Crippen LogP contribution < -0.4 is 5.32 Å². The largest absolute Gasteiger partial charge is 0.311 e. The maximum atomic E-state index is 13.6. The molecule has 1 unspecified atom stereocenters. The highest BCUT2D eigenvalue weighted by molar-refractivity contribution is 14.1. The van der Waals surface area contributed by atoms with Crippen LogP contribution in [0.2, 0.25) is 0 Å². The maximum Gasteiger partial charge on any atom is 0.265 e. The fraction of sp³-hybridized carbons (Fsp3) is 0.538. The Balaban J connectivity index is 1.97. The van der Waals surface area contributed by atoms with Gasteiger partial charge in [0.1, 0.15) is 5.82 Å². The minimum Gasteiger partial charge on any atom is -0.311 e. The van der Waals surface area contributed by atoms with Gasteiger partial charge in [-0.1, -0.05) is 0 Å². The van der Waals surface area contributed by atoms with E-state index in [2.05, 4.69) is 32.9 Å². The summed E-state index contributed by atoms with van der Waals surface area (Å²) in [4.78, 5) is 17.5. The Hall–Kier alpha value is -0.830. The second-order valence-electron chi connectivity index (χ2n) is 5.23. The van der Waals surface area contributed by atoms with Crippen molar-refractivity contribution >= 4 is 34.3 Å². The topological polar surface area (TPSA) is 45.2 Å². The number of aromatic nitrogens is 1. The molecule has 1 aliphatic rings. The van der Waals surface area contributed by atoms with Gasteiger partial charge in [-0.05, 0) is 48.2 Å². The van der Waals surface area contributed by atoms with Crippen molar-refractivity contribution in [1.82, 2.24) is 9.88 Å². The van der Waals surface area contributed by atoms with Gasteiger partial charge in [0.15, 0.2) is 0 Å². The number of amides is 1. The summed E-state index contributed by atoms with van der Waals surface area (Å²) in [5.74, 6) is -3.75. The molecule has 1 aromatic rings. The van der Waals surface area contributed by atoms with Crippen molar-refractivity contribution in [2.24, 2.45) is 5.92 Å². The van der Waals surface area contributed by atoms with E-state index in [1.807, 2.05) is 6.92 Å². The third-order valence-electron chi connectivity index (χ3n) is 3.35. The zero-order valence-electron chi connectivity index (χ0n) is 11.3. The number of hydrogen-bond donors (Lipinski definition) is 1. The van der Waals surface area contributed by atoms with Crippen molar-refractivity contribution in [2.45, 2.75) is 19.3 Å². The van der Waals surface area contributed by atoms with Crippen LogP contribution >= 0.6 is 22.6 Å². The quantitative estimate of drug-likeness (QED) is 0.801. The van der Waals surface area contributed by atoms with Crippen LogP contribution in [0.15, 0.2) is 12.3 Å². The summed E-state index contributed by atoms with van der Waals surface area (Å²) in [5, 5.41) is 2.58. The van der Waals surface area contributed by atoms with Crippen molar-refractivity contribution in [1.29, 1.82) is 0 Å². The lowest BCUT2D eigenvalue weighted by atomic mass is 10.0. The Morgan fingerprint density at radius 3 is 2.90 bits per heavy atom. The van der Waals surface area contributed by atoms with E-state index < -0.39 is 17.7 Å². The molecule has 1 aromatic heterocycles. The number of rotatable bonds is 3. The van der Waals surface area contributed by atoms with Crippen molar-refractivity contribution in [3.05, 3.63) is 21.4 Å². The molecule has 0 aromatic carbocycles. The molecular weight excluding hydrogens is 379 g/mol. The van der Waals surface area contributed by atoms with Crippen molar-refractivity contribution < 1.29 is 13.6 Å². The third kappa shape index (κ3) is 3.63. The van der Waals surface area contributed by atoms with Crippen LogP contribution in [-0.4, -0.2) is 41.9 Å². The number of nitrogens with one attached hydrogen (secondary N) is 1. The van der Waals surface area contributed by atoms with Crippen LogP contribution in [0.25, 0.3) is 0 Å². The molecule has 0 radical (unpaired) electrons. The van der Waals surface area contributed by atoms with E-state index in [1.54, 1.807) is 24.2 Å². The zero-order valence-corrected chi connectivity index (χ0v) is 13.4. The highest BCUT2D eigenvalue weighted by Gasteiger charge is 2.47. The number of aryl methyl sites for hydroxylation is 1. The second kappa shape index (κ2) is 5.88. The van der Waals surface area contributed by atoms with Crippen LogP contribution in [-0.2, 0) is 4.79 Å². The summed E-state index contributed by atoms with van der Waals surface area (Å²) in [6.07, 6.45) is 1.46. The van der Waals surface area contributed by atoms with Crippen LogP contribution in [0.4, 0.5) is 14.6 Å². The number of pyridine rings is 1. The molecule has 1 atom stereocenters. The number of nitrogens with zero attached hydrogens (tertiary/aromatic N) is 2. The number of anilines is 1. The minimum atomic E-state index is -2.80. The molecule has 1 aliphatic heterocycles. The SMILES string of the molecule is Cc1cnc(NC(=O)CC2CN(C)CC2(F)F)cc1I. The molecule has 0 bridgehead atoms. The molecule has 1 N–H and O–H groups in total. The van der Waals surface area contributed by atoms with Gasteiger partial charge >= 0.3 is 0 Å². The molecule has 0 saturated carbocycles. The molecule has 1 saturated heterocycles. The van der Waals surface area contributed by atoms with Crippen molar-refractivity contribution in [2.75, 3.05) is 25.5 Å². The van der Waals surface area contributed by atoms with Gasteiger partial charge in [0.25, 0.3) is 5.92 Å². The number of hydrogen-bond acceptors (Lipinski definition) is 3. The van der Waals surface area contributed by atoms with Gasteiger partial charge in [-0.15, -0.1) is 0 Å². The summed E-state index contributed by atoms with van der Waals surface area (Å²) in [7, 11) is 1.63. The van der Waals surface area contributed by atoms with Gasteiger partial charge in [0.05, 0.1) is 6.54 Å². The lowest BCUT2D eigenvalue weighted by Gasteiger charge is -2.17. The molecule has 1 amide bonds. The average Bonchev–Trinajstić information content (AvgIpc) is 2.57. The van der Waals surface area contributed by atoms with Gasteiger partial charge in [0, 0.05) is 28.7 Å². The summed E-state index contributed by atoms with van der Waals surface area (Å²) in [6, 6.07) is 1.73. The first-order valence-electron chi connectivity index (χ1n) is 6.26. The normalized spacial score (nSPS) is 21.9. The molecule has 2 heterocycles. The van der Waals surface area contributed by atoms with Gasteiger partial charge in [-0.3, -0.25) is 4.79 Å². The van der Waals surface area contributed by atoms with Crippen LogP contribution in [0.5, 0.6) is 0 Å². The number of carbonyl (C=O) groups excluding carboxylic acids is 1. The standard InChI is InChI=1S/C13H16F2IN3O/c1-8-5-17-11(4-10(8)16)18-12(20)3-9-6-19(2)7-13(9,14)15/h4-5,9H,3,6-7H2,1-2H3,(H,17,18,20). The molecular formula is C13H16F2IN3O. The van der Waals surface area contributed by atoms with Gasteiger partial charge < -0.3 is 10.2 Å². The smallest absolute Gasteiger partial charge is 0.265 e. The molecule has 7 heteroatoms. The first-order valence-corrected chi connectivity index (χ1v) is 7.34. The molecule has 110 valence electrons. The minimum absolute atomic E-state index is 0.191. The lowest BCUT2D eigenvalue weighted by molar-refractivity contribution is -0.120. The Morgan fingerprint density at radius 2 is 2.35 bits per heavy atom. The van der Waals surface area contributed by atoms with Crippen LogP contribution in [0.1, 0.15) is 12.0 Å². The van der Waals surface area contributed by atoms with Gasteiger partial charge in [0.2, 0.25) is 5.91 Å². The molecule has 4 nitrogen and oxygen atoms in total. The van der Waals surface area contributed by atoms with Crippen LogP contribution in [0, 0.1) is 16.4 Å². The molecule has 20 heavy (non-hydrogen) atoms. The first kappa shape index (κ1) is 15.6. The average molecular weight is 395 g/mol. The van der Waals surface area contributed by atoms with Crippen molar-refractivity contribution in [3.8, 4) is 0 Å². The summed E-state index contributed by atoms with van der Waals surface area (Å²) in [6.45, 7) is 1.86. The van der Waals surface area contributed by atoms with Crippen molar-refractivity contribution in [3.63, 3.8) is 0 Å². The van der Waals surface area contributed by atoms with E-state index in [4.69, 9.17) is 0 Å². The van der Waals surface area contributed by atoms with E-state index in [9.17, 15) is 13.6 Å². The number of alkyl halides is 2. The fourth-order valence-corrected chi connectivity index (χ4v) is 2.70. The Bertz CT molecular complexity index is 524. The number of likely N-dealkylation sites (tertiary alicyclic amines) is 1. The van der Waals surface area contributed by atoms with Gasteiger partial charge in [-0.25, -0.2) is 13.8 Å². The third-order valence-corrected chi connectivity index (χ3v) is 4.51. The predicted molar refractivity (Wildman–Crippen MR) is 80.9 cm³/mol. The Morgan fingerprint density at radius 1 is 1.65 bits per heavy atom. The van der Waals surface area contributed by atoms with E-state index in [0.717, 1.165) is 9.13 Å². The zero-order chi connectivity index (χ0) is 14.9. The number of halogens is 3. The van der Waals surface area contributed by atoms with Crippen LogP contribution in [0.3, 0.4) is 0 Å². The molecule has 2 rings (SSSR count). The maximum absolute atomic E-state index is 13.6.